The summed E-state index contributed by atoms with van der Waals surface area (Å²) in [5, 5.41) is 8.78. The molecule has 8 nitrogen and oxygen atoms in total. The normalized spacial score (nSPS) is 13.8. The molecule has 1 amide bonds. The molecule has 2 aromatic heterocycles. The zero-order valence-corrected chi connectivity index (χ0v) is 19.2. The van der Waals surface area contributed by atoms with Crippen molar-refractivity contribution in [1.82, 2.24) is 24.5 Å². The number of hydrogen-bond acceptors (Lipinski definition) is 5. The molecule has 34 heavy (non-hydrogen) atoms. The van der Waals surface area contributed by atoms with Gasteiger partial charge in [-0.05, 0) is 17.7 Å². The Balaban J connectivity index is 1.24. The zero-order chi connectivity index (χ0) is 23.5. The van der Waals surface area contributed by atoms with Crippen LogP contribution in [0, 0.1) is 0 Å². The Morgan fingerprint density at radius 2 is 1.56 bits per heavy atom. The van der Waals surface area contributed by atoms with Gasteiger partial charge in [-0.25, -0.2) is 0 Å². The second-order valence-electron chi connectivity index (χ2n) is 8.09. The number of carbonyl (C=O) groups excluding carboxylic acids is 1. The summed E-state index contributed by atoms with van der Waals surface area (Å²) in [5.41, 5.74) is 2.56. The number of para-hydroxylation sites is 1. The van der Waals surface area contributed by atoms with Gasteiger partial charge in [0, 0.05) is 32.4 Å². The molecule has 1 fully saturated rings. The molecule has 0 bridgehead atoms. The lowest BCUT2D eigenvalue weighted by Crippen LogP contribution is -2.49. The number of nitrogens with zero attached hydrogens (tertiary/aromatic N) is 6. The van der Waals surface area contributed by atoms with E-state index >= 15 is 0 Å². The third kappa shape index (κ3) is 4.45. The molecule has 0 atom stereocenters. The molecule has 0 N–H and O–H groups in total. The molecule has 172 valence electrons. The van der Waals surface area contributed by atoms with E-state index in [4.69, 9.17) is 11.6 Å². The van der Waals surface area contributed by atoms with E-state index in [9.17, 15) is 9.59 Å². The predicted molar refractivity (Wildman–Crippen MR) is 131 cm³/mol. The molecule has 1 aliphatic rings. The van der Waals surface area contributed by atoms with Gasteiger partial charge in [-0.1, -0.05) is 60.1 Å². The first-order chi connectivity index (χ1) is 16.6. The second-order valence-corrected chi connectivity index (χ2v) is 8.47. The molecule has 2 aromatic carbocycles. The van der Waals surface area contributed by atoms with Gasteiger partial charge >= 0.3 is 0 Å². The van der Waals surface area contributed by atoms with Crippen molar-refractivity contribution in [2.45, 2.75) is 6.54 Å². The number of hydrogen-bond donors (Lipinski definition) is 0. The Hall–Kier alpha value is -3.91. The highest BCUT2D eigenvalue weighted by Gasteiger charge is 2.25. The van der Waals surface area contributed by atoms with Crippen molar-refractivity contribution in [3.8, 4) is 5.69 Å². The summed E-state index contributed by atoms with van der Waals surface area (Å²) in [7, 11) is 0. The first-order valence-electron chi connectivity index (χ1n) is 11.0. The Kier molecular flexibility index (Phi) is 6.14. The van der Waals surface area contributed by atoms with Gasteiger partial charge < -0.3 is 9.80 Å². The van der Waals surface area contributed by atoms with Crippen LogP contribution in [0.4, 0.5) is 5.69 Å². The summed E-state index contributed by atoms with van der Waals surface area (Å²) in [5.74, 6) is -0.0531. The minimum Gasteiger partial charge on any atom is -0.365 e. The van der Waals surface area contributed by atoms with Crippen LogP contribution >= 0.6 is 11.6 Å². The van der Waals surface area contributed by atoms with Gasteiger partial charge in [-0.2, -0.15) is 14.9 Å². The maximum absolute atomic E-state index is 13.0. The zero-order valence-electron chi connectivity index (χ0n) is 18.4. The van der Waals surface area contributed by atoms with Crippen LogP contribution in [0.1, 0.15) is 15.9 Å². The number of halogens is 1. The molecule has 3 heterocycles. The number of carbonyl (C=O) groups is 1. The third-order valence-electron chi connectivity index (χ3n) is 5.88. The summed E-state index contributed by atoms with van der Waals surface area (Å²) in [6, 6.07) is 19.2. The van der Waals surface area contributed by atoms with E-state index in [0.717, 1.165) is 5.56 Å². The van der Waals surface area contributed by atoms with E-state index in [1.807, 2.05) is 53.4 Å². The van der Waals surface area contributed by atoms with Crippen molar-refractivity contribution >= 4 is 23.2 Å². The molecular formula is C25H23ClN6O2. The molecule has 9 heteroatoms. The Labute approximate surface area is 201 Å². The minimum atomic E-state index is -0.366. The fourth-order valence-electron chi connectivity index (χ4n) is 4.06. The largest absolute Gasteiger partial charge is 0.365 e. The molecule has 0 unspecified atom stereocenters. The standard InChI is InChI=1S/C25H23ClN6O2/c26-23-22(16-28-32(25(23)34)21-9-5-2-6-10-21)29-11-13-30(14-12-29)24(33)20-15-27-31(18-20)17-19-7-3-1-4-8-19/h1-10,15-16,18H,11-14,17H2. The average Bonchev–Trinajstić information content (AvgIpc) is 3.35. The highest BCUT2D eigenvalue weighted by atomic mass is 35.5. The van der Waals surface area contributed by atoms with E-state index in [-0.39, 0.29) is 16.5 Å². The molecule has 1 aliphatic heterocycles. The van der Waals surface area contributed by atoms with E-state index in [0.29, 0.717) is 49.7 Å². The van der Waals surface area contributed by atoms with Crippen LogP contribution in [-0.2, 0) is 6.54 Å². The molecule has 1 saturated heterocycles. The number of benzene rings is 2. The molecular weight excluding hydrogens is 452 g/mol. The van der Waals surface area contributed by atoms with Gasteiger partial charge in [0.1, 0.15) is 5.02 Å². The van der Waals surface area contributed by atoms with Crippen LogP contribution in [0.15, 0.2) is 84.0 Å². The summed E-state index contributed by atoms with van der Waals surface area (Å²) >= 11 is 6.44. The van der Waals surface area contributed by atoms with Gasteiger partial charge in [0.05, 0.1) is 35.9 Å². The number of anilines is 1. The van der Waals surface area contributed by atoms with Crippen LogP contribution in [0.5, 0.6) is 0 Å². The maximum atomic E-state index is 13.0. The van der Waals surface area contributed by atoms with E-state index < -0.39 is 0 Å². The number of piperazine rings is 1. The number of amides is 1. The minimum absolute atomic E-state index is 0.0531. The van der Waals surface area contributed by atoms with Crippen molar-refractivity contribution < 1.29 is 4.79 Å². The van der Waals surface area contributed by atoms with Gasteiger partial charge in [-0.3, -0.25) is 14.3 Å². The molecule has 5 rings (SSSR count). The quantitative estimate of drug-likeness (QED) is 0.444. The van der Waals surface area contributed by atoms with Gasteiger partial charge in [0.2, 0.25) is 0 Å². The van der Waals surface area contributed by atoms with Crippen LogP contribution in [-0.4, -0.2) is 56.5 Å². The van der Waals surface area contributed by atoms with Crippen LogP contribution < -0.4 is 10.5 Å². The van der Waals surface area contributed by atoms with Crippen molar-refractivity contribution in [3.05, 3.63) is 106 Å². The maximum Gasteiger partial charge on any atom is 0.292 e. The van der Waals surface area contributed by atoms with Crippen molar-refractivity contribution in [2.75, 3.05) is 31.1 Å². The summed E-state index contributed by atoms with van der Waals surface area (Å²) < 4.78 is 3.06. The molecule has 0 spiro atoms. The SMILES string of the molecule is O=C(c1cnn(Cc2ccccc2)c1)N1CCN(c2cnn(-c3ccccc3)c(=O)c2Cl)CC1. The van der Waals surface area contributed by atoms with Crippen molar-refractivity contribution in [2.24, 2.45) is 0 Å². The lowest BCUT2D eigenvalue weighted by atomic mass is 10.2. The lowest BCUT2D eigenvalue weighted by Gasteiger charge is -2.36. The van der Waals surface area contributed by atoms with Crippen LogP contribution in [0.2, 0.25) is 5.02 Å². The second kappa shape index (κ2) is 9.52. The number of rotatable bonds is 5. The van der Waals surface area contributed by atoms with E-state index in [2.05, 4.69) is 10.2 Å². The van der Waals surface area contributed by atoms with Crippen LogP contribution in [0.25, 0.3) is 5.69 Å². The molecule has 0 radical (unpaired) electrons. The molecule has 4 aromatic rings. The van der Waals surface area contributed by atoms with Crippen molar-refractivity contribution in [3.63, 3.8) is 0 Å². The summed E-state index contributed by atoms with van der Waals surface area (Å²) in [4.78, 5) is 29.6. The van der Waals surface area contributed by atoms with E-state index in [1.165, 1.54) is 4.68 Å². The Bertz CT molecular complexity index is 1340. The van der Waals surface area contributed by atoms with Crippen molar-refractivity contribution in [1.29, 1.82) is 0 Å². The first-order valence-corrected chi connectivity index (χ1v) is 11.4. The average molecular weight is 475 g/mol. The summed E-state index contributed by atoms with van der Waals surface area (Å²) in [6.07, 6.45) is 5.01. The predicted octanol–water partition coefficient (Wildman–Crippen LogP) is 3.09. The van der Waals surface area contributed by atoms with Crippen LogP contribution in [0.3, 0.4) is 0 Å². The highest BCUT2D eigenvalue weighted by molar-refractivity contribution is 6.33. The van der Waals surface area contributed by atoms with Gasteiger partial charge in [0.15, 0.2) is 0 Å². The van der Waals surface area contributed by atoms with Gasteiger partial charge in [0.25, 0.3) is 11.5 Å². The van der Waals surface area contributed by atoms with Gasteiger partial charge in [-0.15, -0.1) is 0 Å². The monoisotopic (exact) mass is 474 g/mol. The highest BCUT2D eigenvalue weighted by Crippen LogP contribution is 2.23. The third-order valence-corrected chi connectivity index (χ3v) is 6.23. The number of aromatic nitrogens is 4. The fourth-order valence-corrected chi connectivity index (χ4v) is 4.31. The van der Waals surface area contributed by atoms with E-state index in [1.54, 1.807) is 40.3 Å². The Morgan fingerprint density at radius 3 is 2.26 bits per heavy atom. The smallest absolute Gasteiger partial charge is 0.292 e. The lowest BCUT2D eigenvalue weighted by molar-refractivity contribution is 0.0746. The first kappa shape index (κ1) is 21.9. The fraction of sp³-hybridized carbons (Fsp3) is 0.200. The molecule has 0 saturated carbocycles. The summed E-state index contributed by atoms with van der Waals surface area (Å²) in [6.45, 7) is 2.75. The Morgan fingerprint density at radius 1 is 0.882 bits per heavy atom. The topological polar surface area (TPSA) is 76.3 Å². The molecule has 0 aliphatic carbocycles.